The predicted octanol–water partition coefficient (Wildman–Crippen LogP) is 2.73. The van der Waals surface area contributed by atoms with Gasteiger partial charge in [-0.2, -0.15) is 0 Å². The van der Waals surface area contributed by atoms with Crippen LogP contribution in [0.3, 0.4) is 0 Å². The Morgan fingerprint density at radius 3 is 2.55 bits per heavy atom. The molecule has 20 heavy (non-hydrogen) atoms. The second-order valence-corrected chi connectivity index (χ2v) is 4.60. The van der Waals surface area contributed by atoms with E-state index in [0.717, 1.165) is 0 Å². The number of para-hydroxylation sites is 1. The topological polar surface area (TPSA) is 58.4 Å². The van der Waals surface area contributed by atoms with E-state index in [1.54, 1.807) is 35.2 Å². The van der Waals surface area contributed by atoms with Gasteiger partial charge >= 0.3 is 0 Å². The fourth-order valence-electron chi connectivity index (χ4n) is 1.88. The van der Waals surface area contributed by atoms with Gasteiger partial charge in [0.25, 0.3) is 5.91 Å². The molecule has 0 aromatic heterocycles. The standard InChI is InChI=1S/C15H16FN3O/c1-19(2)14-8-7-10(17)9-11(14)15(20)18-13-6-4-3-5-12(13)16/h3-9H,17H2,1-2H3,(H,18,20). The third-order valence-electron chi connectivity index (χ3n) is 2.87. The van der Waals surface area contributed by atoms with Crippen LogP contribution in [0.1, 0.15) is 10.4 Å². The van der Waals surface area contributed by atoms with Crippen molar-refractivity contribution < 1.29 is 9.18 Å². The highest BCUT2D eigenvalue weighted by Gasteiger charge is 2.14. The molecule has 1 amide bonds. The van der Waals surface area contributed by atoms with Gasteiger partial charge in [0.15, 0.2) is 0 Å². The van der Waals surface area contributed by atoms with Crippen LogP contribution in [-0.2, 0) is 0 Å². The van der Waals surface area contributed by atoms with Crippen LogP contribution in [-0.4, -0.2) is 20.0 Å². The van der Waals surface area contributed by atoms with Crippen LogP contribution in [0.15, 0.2) is 42.5 Å². The number of nitrogens with one attached hydrogen (secondary N) is 1. The van der Waals surface area contributed by atoms with Crippen molar-refractivity contribution in [2.24, 2.45) is 0 Å². The molecule has 0 bridgehead atoms. The first-order valence-electron chi connectivity index (χ1n) is 6.12. The zero-order valence-corrected chi connectivity index (χ0v) is 11.4. The number of benzene rings is 2. The van der Waals surface area contributed by atoms with E-state index in [9.17, 15) is 9.18 Å². The summed E-state index contributed by atoms with van der Waals surface area (Å²) in [4.78, 5) is 14.1. The summed E-state index contributed by atoms with van der Waals surface area (Å²) < 4.78 is 13.6. The molecule has 104 valence electrons. The Bertz CT molecular complexity index is 641. The van der Waals surface area contributed by atoms with E-state index in [1.165, 1.54) is 12.1 Å². The van der Waals surface area contributed by atoms with E-state index < -0.39 is 11.7 Å². The molecular weight excluding hydrogens is 257 g/mol. The summed E-state index contributed by atoms with van der Waals surface area (Å²) in [5.74, 6) is -0.873. The van der Waals surface area contributed by atoms with Crippen molar-refractivity contribution in [3.63, 3.8) is 0 Å². The highest BCUT2D eigenvalue weighted by atomic mass is 19.1. The highest BCUT2D eigenvalue weighted by molar-refractivity contribution is 6.08. The van der Waals surface area contributed by atoms with Gasteiger partial charge in [0, 0.05) is 25.5 Å². The normalized spacial score (nSPS) is 10.2. The number of halogens is 1. The molecule has 0 aliphatic rings. The first-order chi connectivity index (χ1) is 9.49. The fourth-order valence-corrected chi connectivity index (χ4v) is 1.88. The second kappa shape index (κ2) is 5.61. The van der Waals surface area contributed by atoms with Crippen LogP contribution >= 0.6 is 0 Å². The number of nitrogen functional groups attached to an aromatic ring is 1. The highest BCUT2D eigenvalue weighted by Crippen LogP contribution is 2.23. The Morgan fingerprint density at radius 2 is 1.90 bits per heavy atom. The lowest BCUT2D eigenvalue weighted by atomic mass is 10.1. The van der Waals surface area contributed by atoms with Crippen LogP contribution < -0.4 is 16.0 Å². The molecule has 0 fully saturated rings. The van der Waals surface area contributed by atoms with Gasteiger partial charge in [-0.3, -0.25) is 4.79 Å². The molecule has 0 heterocycles. The molecule has 0 spiro atoms. The monoisotopic (exact) mass is 273 g/mol. The average Bonchev–Trinajstić information content (AvgIpc) is 2.40. The van der Waals surface area contributed by atoms with Crippen LogP contribution in [0.2, 0.25) is 0 Å². The number of hydrogen-bond acceptors (Lipinski definition) is 3. The van der Waals surface area contributed by atoms with E-state index in [4.69, 9.17) is 5.73 Å². The molecule has 2 rings (SSSR count). The van der Waals surface area contributed by atoms with Crippen molar-refractivity contribution in [1.29, 1.82) is 0 Å². The quantitative estimate of drug-likeness (QED) is 0.845. The van der Waals surface area contributed by atoms with Crippen LogP contribution in [0, 0.1) is 5.82 Å². The summed E-state index contributed by atoms with van der Waals surface area (Å²) in [5, 5.41) is 2.55. The molecule has 2 aromatic carbocycles. The fraction of sp³-hybridized carbons (Fsp3) is 0.133. The van der Waals surface area contributed by atoms with Crippen LogP contribution in [0.25, 0.3) is 0 Å². The van der Waals surface area contributed by atoms with Gasteiger partial charge in [-0.25, -0.2) is 4.39 Å². The van der Waals surface area contributed by atoms with Crippen molar-refractivity contribution in [2.75, 3.05) is 30.0 Å². The lowest BCUT2D eigenvalue weighted by Gasteiger charge is -2.17. The molecule has 5 heteroatoms. The SMILES string of the molecule is CN(C)c1ccc(N)cc1C(=O)Nc1ccccc1F. The maximum absolute atomic E-state index is 13.6. The van der Waals surface area contributed by atoms with Crippen LogP contribution in [0.4, 0.5) is 21.5 Å². The van der Waals surface area contributed by atoms with Crippen molar-refractivity contribution in [2.45, 2.75) is 0 Å². The number of nitrogens with two attached hydrogens (primary N) is 1. The molecule has 0 radical (unpaired) electrons. The van der Waals surface area contributed by atoms with E-state index in [1.807, 2.05) is 14.1 Å². The number of carbonyl (C=O) groups is 1. The Morgan fingerprint density at radius 1 is 1.20 bits per heavy atom. The molecule has 0 atom stereocenters. The number of hydrogen-bond donors (Lipinski definition) is 2. The maximum atomic E-state index is 13.6. The molecule has 0 aliphatic heterocycles. The molecule has 2 aromatic rings. The Kier molecular flexibility index (Phi) is 3.89. The third-order valence-corrected chi connectivity index (χ3v) is 2.87. The molecule has 0 unspecified atom stereocenters. The Labute approximate surface area is 117 Å². The summed E-state index contributed by atoms with van der Waals surface area (Å²) in [5.41, 5.74) is 7.46. The first-order valence-corrected chi connectivity index (χ1v) is 6.12. The van der Waals surface area contributed by atoms with Gasteiger partial charge in [-0.15, -0.1) is 0 Å². The minimum atomic E-state index is -0.476. The molecule has 0 aliphatic carbocycles. The first kappa shape index (κ1) is 13.9. The summed E-state index contributed by atoms with van der Waals surface area (Å²) in [6.45, 7) is 0. The maximum Gasteiger partial charge on any atom is 0.257 e. The average molecular weight is 273 g/mol. The van der Waals surface area contributed by atoms with Crippen molar-refractivity contribution in [3.8, 4) is 0 Å². The molecular formula is C15H16FN3O. The van der Waals surface area contributed by atoms with Gasteiger partial charge in [-0.1, -0.05) is 12.1 Å². The summed E-state index contributed by atoms with van der Waals surface area (Å²) >= 11 is 0. The molecule has 3 N–H and O–H groups in total. The van der Waals surface area contributed by atoms with E-state index in [2.05, 4.69) is 5.32 Å². The molecule has 0 saturated carbocycles. The molecule has 4 nitrogen and oxygen atoms in total. The Hall–Kier alpha value is -2.56. The van der Waals surface area contributed by atoms with Crippen molar-refractivity contribution >= 4 is 23.0 Å². The van der Waals surface area contributed by atoms with E-state index >= 15 is 0 Å². The number of rotatable bonds is 3. The number of carbonyl (C=O) groups excluding carboxylic acids is 1. The third kappa shape index (κ3) is 2.88. The van der Waals surface area contributed by atoms with Crippen molar-refractivity contribution in [1.82, 2.24) is 0 Å². The number of anilines is 3. The van der Waals surface area contributed by atoms with Gasteiger partial charge in [0.2, 0.25) is 0 Å². The van der Waals surface area contributed by atoms with Gasteiger partial charge in [0.1, 0.15) is 5.82 Å². The summed E-state index contributed by atoms with van der Waals surface area (Å²) in [6.07, 6.45) is 0. The summed E-state index contributed by atoms with van der Waals surface area (Å²) in [7, 11) is 3.65. The summed E-state index contributed by atoms with van der Waals surface area (Å²) in [6, 6.07) is 11.1. The Balaban J connectivity index is 2.34. The second-order valence-electron chi connectivity index (χ2n) is 4.60. The van der Waals surface area contributed by atoms with Gasteiger partial charge < -0.3 is 16.0 Å². The zero-order chi connectivity index (χ0) is 14.7. The lowest BCUT2D eigenvalue weighted by Crippen LogP contribution is -2.19. The van der Waals surface area contributed by atoms with Gasteiger partial charge in [-0.05, 0) is 30.3 Å². The molecule has 0 saturated heterocycles. The zero-order valence-electron chi connectivity index (χ0n) is 11.4. The van der Waals surface area contributed by atoms with Crippen molar-refractivity contribution in [3.05, 3.63) is 53.8 Å². The minimum Gasteiger partial charge on any atom is -0.399 e. The van der Waals surface area contributed by atoms with E-state index in [0.29, 0.717) is 16.9 Å². The lowest BCUT2D eigenvalue weighted by molar-refractivity contribution is 0.102. The smallest absolute Gasteiger partial charge is 0.257 e. The predicted molar refractivity (Wildman–Crippen MR) is 79.5 cm³/mol. The van der Waals surface area contributed by atoms with Gasteiger partial charge in [0.05, 0.1) is 11.3 Å². The number of nitrogens with zero attached hydrogens (tertiary/aromatic N) is 1. The van der Waals surface area contributed by atoms with Crippen LogP contribution in [0.5, 0.6) is 0 Å². The largest absolute Gasteiger partial charge is 0.399 e. The minimum absolute atomic E-state index is 0.143. The number of amides is 1. The van der Waals surface area contributed by atoms with E-state index in [-0.39, 0.29) is 5.69 Å².